The molecular formula is C20H20BrFN2O2. The minimum absolute atomic E-state index is 0.0853. The molecule has 0 unspecified atom stereocenters. The number of hydrogen-bond acceptors (Lipinski definition) is 2. The molecule has 0 saturated heterocycles. The third-order valence-corrected chi connectivity index (χ3v) is 4.29. The molecule has 0 bridgehead atoms. The molecule has 0 fully saturated rings. The van der Waals surface area contributed by atoms with Crippen LogP contribution in [0.2, 0.25) is 0 Å². The maximum atomic E-state index is 13.7. The van der Waals surface area contributed by atoms with Crippen LogP contribution in [0, 0.1) is 5.82 Å². The Morgan fingerprint density at radius 3 is 2.58 bits per heavy atom. The number of carbonyl (C=O) groups is 2. The zero-order chi connectivity index (χ0) is 19.1. The van der Waals surface area contributed by atoms with Crippen LogP contribution in [0.3, 0.4) is 0 Å². The van der Waals surface area contributed by atoms with E-state index < -0.39 is 11.7 Å². The molecule has 6 heteroatoms. The summed E-state index contributed by atoms with van der Waals surface area (Å²) in [5.74, 6) is -0.904. The van der Waals surface area contributed by atoms with Crippen LogP contribution in [0.5, 0.6) is 0 Å². The second-order valence-electron chi connectivity index (χ2n) is 5.55. The lowest BCUT2D eigenvalue weighted by molar-refractivity contribution is -0.111. The third kappa shape index (κ3) is 5.26. The Hall–Kier alpha value is -2.47. The first-order chi connectivity index (χ1) is 12.4. The van der Waals surface area contributed by atoms with Crippen molar-refractivity contribution in [1.29, 1.82) is 0 Å². The van der Waals surface area contributed by atoms with Gasteiger partial charge in [-0.05, 0) is 56.3 Å². The molecule has 0 radical (unpaired) electrons. The fourth-order valence-electron chi connectivity index (χ4n) is 2.42. The van der Waals surface area contributed by atoms with Crippen LogP contribution in [0.15, 0.2) is 53.0 Å². The number of carbonyl (C=O) groups excluding carboxylic acids is 2. The predicted octanol–water partition coefficient (Wildman–Crippen LogP) is 4.72. The van der Waals surface area contributed by atoms with E-state index in [4.69, 9.17) is 0 Å². The van der Waals surface area contributed by atoms with E-state index in [0.717, 1.165) is 4.47 Å². The highest BCUT2D eigenvalue weighted by Crippen LogP contribution is 2.17. The Morgan fingerprint density at radius 2 is 1.88 bits per heavy atom. The largest absolute Gasteiger partial charge is 0.339 e. The second-order valence-corrected chi connectivity index (χ2v) is 6.46. The van der Waals surface area contributed by atoms with Crippen molar-refractivity contribution in [3.8, 4) is 0 Å². The molecule has 0 atom stereocenters. The minimum atomic E-state index is -0.413. The van der Waals surface area contributed by atoms with E-state index in [1.807, 2.05) is 13.8 Å². The normalized spacial score (nSPS) is 10.8. The highest BCUT2D eigenvalue weighted by Gasteiger charge is 2.12. The van der Waals surface area contributed by atoms with Crippen molar-refractivity contribution in [2.45, 2.75) is 13.8 Å². The maximum absolute atomic E-state index is 13.7. The molecule has 26 heavy (non-hydrogen) atoms. The summed E-state index contributed by atoms with van der Waals surface area (Å²) in [6, 6.07) is 11.3. The number of hydrogen-bond donors (Lipinski definition) is 1. The van der Waals surface area contributed by atoms with Crippen LogP contribution in [0.1, 0.15) is 29.8 Å². The minimum Gasteiger partial charge on any atom is -0.339 e. The van der Waals surface area contributed by atoms with Crippen molar-refractivity contribution in [2.75, 3.05) is 18.4 Å². The lowest BCUT2D eigenvalue weighted by atomic mass is 10.1. The fourth-order valence-corrected chi connectivity index (χ4v) is 2.79. The standard InChI is InChI=1S/C20H20BrFN2O2/c1-3-24(4-2)20(26)15-6-5-7-17(13-15)23-19(25)11-8-14-12-16(21)9-10-18(14)22/h5-13H,3-4H2,1-2H3,(H,23,25)/b11-8+. The number of nitrogens with one attached hydrogen (secondary N) is 1. The van der Waals surface area contributed by atoms with Gasteiger partial charge in [0.25, 0.3) is 5.91 Å². The molecule has 2 aromatic rings. The van der Waals surface area contributed by atoms with Crippen LogP contribution in [-0.2, 0) is 4.79 Å². The zero-order valence-electron chi connectivity index (χ0n) is 14.6. The first kappa shape index (κ1) is 19.8. The number of benzene rings is 2. The topological polar surface area (TPSA) is 49.4 Å². The summed E-state index contributed by atoms with van der Waals surface area (Å²) in [5.41, 5.74) is 1.32. The average Bonchev–Trinajstić information content (AvgIpc) is 2.63. The van der Waals surface area contributed by atoms with E-state index in [1.165, 1.54) is 18.2 Å². The second kappa shape index (κ2) is 9.29. The molecule has 0 aliphatic carbocycles. The quantitative estimate of drug-likeness (QED) is 0.689. The van der Waals surface area contributed by atoms with Gasteiger partial charge in [-0.15, -0.1) is 0 Å². The van der Waals surface area contributed by atoms with Crippen LogP contribution in [0.25, 0.3) is 6.08 Å². The maximum Gasteiger partial charge on any atom is 0.253 e. The Morgan fingerprint density at radius 1 is 1.15 bits per heavy atom. The number of rotatable bonds is 6. The van der Waals surface area contributed by atoms with Crippen molar-refractivity contribution in [3.05, 3.63) is 70.0 Å². The summed E-state index contributed by atoms with van der Waals surface area (Å²) in [7, 11) is 0. The zero-order valence-corrected chi connectivity index (χ0v) is 16.2. The molecule has 2 amide bonds. The SMILES string of the molecule is CCN(CC)C(=O)c1cccc(NC(=O)/C=C/c2cc(Br)ccc2F)c1. The average molecular weight is 419 g/mol. The first-order valence-corrected chi connectivity index (χ1v) is 9.07. The molecule has 0 spiro atoms. The Kier molecular flexibility index (Phi) is 7.09. The van der Waals surface area contributed by atoms with Gasteiger partial charge in [-0.1, -0.05) is 22.0 Å². The van der Waals surface area contributed by atoms with Crippen molar-refractivity contribution in [2.24, 2.45) is 0 Å². The van der Waals surface area contributed by atoms with E-state index in [0.29, 0.717) is 29.9 Å². The van der Waals surface area contributed by atoms with Gasteiger partial charge in [-0.3, -0.25) is 9.59 Å². The molecule has 1 N–H and O–H groups in total. The van der Waals surface area contributed by atoms with Crippen molar-refractivity contribution < 1.29 is 14.0 Å². The van der Waals surface area contributed by atoms with E-state index >= 15 is 0 Å². The third-order valence-electron chi connectivity index (χ3n) is 3.80. The van der Waals surface area contributed by atoms with Gasteiger partial charge < -0.3 is 10.2 Å². The molecule has 0 heterocycles. The molecule has 0 saturated carbocycles. The van der Waals surface area contributed by atoms with Gasteiger partial charge in [0.15, 0.2) is 0 Å². The van der Waals surface area contributed by atoms with Gasteiger partial charge >= 0.3 is 0 Å². The fraction of sp³-hybridized carbons (Fsp3) is 0.200. The van der Waals surface area contributed by atoms with Crippen LogP contribution in [-0.4, -0.2) is 29.8 Å². The first-order valence-electron chi connectivity index (χ1n) is 8.28. The van der Waals surface area contributed by atoms with E-state index in [1.54, 1.807) is 41.3 Å². The molecule has 0 aliphatic heterocycles. The van der Waals surface area contributed by atoms with Gasteiger partial charge in [0.1, 0.15) is 5.82 Å². The van der Waals surface area contributed by atoms with Gasteiger partial charge in [0.05, 0.1) is 0 Å². The van der Waals surface area contributed by atoms with Gasteiger partial charge in [0, 0.05) is 40.5 Å². The molecule has 4 nitrogen and oxygen atoms in total. The van der Waals surface area contributed by atoms with Crippen molar-refractivity contribution in [1.82, 2.24) is 4.90 Å². The lowest BCUT2D eigenvalue weighted by Crippen LogP contribution is -2.30. The molecular weight excluding hydrogens is 399 g/mol. The Bertz CT molecular complexity index is 832. The number of anilines is 1. The summed E-state index contributed by atoms with van der Waals surface area (Å²) < 4.78 is 14.4. The highest BCUT2D eigenvalue weighted by molar-refractivity contribution is 9.10. The van der Waals surface area contributed by atoms with Gasteiger partial charge in [0.2, 0.25) is 5.91 Å². The summed E-state index contributed by atoms with van der Waals surface area (Å²) in [6.45, 7) is 5.07. The van der Waals surface area contributed by atoms with Crippen molar-refractivity contribution >= 4 is 39.5 Å². The monoisotopic (exact) mass is 418 g/mol. The Balaban J connectivity index is 2.10. The van der Waals surface area contributed by atoms with Gasteiger partial charge in [-0.2, -0.15) is 0 Å². The summed E-state index contributed by atoms with van der Waals surface area (Å²) in [6.07, 6.45) is 2.66. The smallest absolute Gasteiger partial charge is 0.253 e. The van der Waals surface area contributed by atoms with Crippen LogP contribution in [0.4, 0.5) is 10.1 Å². The summed E-state index contributed by atoms with van der Waals surface area (Å²) in [4.78, 5) is 26.2. The van der Waals surface area contributed by atoms with Crippen LogP contribution >= 0.6 is 15.9 Å². The van der Waals surface area contributed by atoms with Crippen molar-refractivity contribution in [3.63, 3.8) is 0 Å². The molecule has 2 aromatic carbocycles. The molecule has 2 rings (SSSR count). The highest BCUT2D eigenvalue weighted by atomic mass is 79.9. The number of halogens is 2. The number of nitrogens with zero attached hydrogens (tertiary/aromatic N) is 1. The summed E-state index contributed by atoms with van der Waals surface area (Å²) >= 11 is 3.26. The van der Waals surface area contributed by atoms with Gasteiger partial charge in [-0.25, -0.2) is 4.39 Å². The van der Waals surface area contributed by atoms with Crippen LogP contribution < -0.4 is 5.32 Å². The summed E-state index contributed by atoms with van der Waals surface area (Å²) in [5, 5.41) is 2.69. The molecule has 0 aromatic heterocycles. The predicted molar refractivity (Wildman–Crippen MR) is 105 cm³/mol. The lowest BCUT2D eigenvalue weighted by Gasteiger charge is -2.18. The van der Waals surface area contributed by atoms with E-state index in [9.17, 15) is 14.0 Å². The number of amides is 2. The van der Waals surface area contributed by atoms with E-state index in [2.05, 4.69) is 21.2 Å². The Labute approximate surface area is 160 Å². The molecule has 136 valence electrons. The molecule has 0 aliphatic rings. The van der Waals surface area contributed by atoms with E-state index in [-0.39, 0.29) is 5.91 Å².